The van der Waals surface area contributed by atoms with E-state index in [1.807, 2.05) is 41.1 Å². The van der Waals surface area contributed by atoms with E-state index in [0.717, 1.165) is 28.4 Å². The zero-order chi connectivity index (χ0) is 19.1. The molecule has 6 rings (SSSR count). The van der Waals surface area contributed by atoms with E-state index in [1.54, 1.807) is 6.92 Å². The maximum atomic E-state index is 12.5. The zero-order valence-corrected chi connectivity index (χ0v) is 16.2. The highest BCUT2D eigenvalue weighted by Crippen LogP contribution is 2.32. The number of carbonyl (C=O) groups excluding carboxylic acids is 1. The summed E-state index contributed by atoms with van der Waals surface area (Å²) in [6.45, 7) is 5.42. The summed E-state index contributed by atoms with van der Waals surface area (Å²) in [5.41, 5.74) is 3.40. The summed E-state index contributed by atoms with van der Waals surface area (Å²) in [5.74, 6) is 0.548. The standard InChI is InChI=1S/C23H25N3O2/c1-17(27)26(28-15-12-19-16-24-13-10-18(19)11-14-24)25-22-8-4-2-6-20(22)21-7-3-5-9-23(21)25/h2-9,12,18H,10-11,13-16H2,1H3. The molecule has 0 aliphatic carbocycles. The lowest BCUT2D eigenvalue weighted by Gasteiger charge is -2.41. The average molecular weight is 375 g/mol. The molecule has 2 aromatic carbocycles. The van der Waals surface area contributed by atoms with Crippen LogP contribution in [0.5, 0.6) is 0 Å². The molecule has 0 unspecified atom stereocenters. The number of hydrogen-bond donors (Lipinski definition) is 0. The van der Waals surface area contributed by atoms with Crippen molar-refractivity contribution in [3.63, 3.8) is 0 Å². The summed E-state index contributed by atoms with van der Waals surface area (Å²) >= 11 is 0. The number of amides is 1. The van der Waals surface area contributed by atoms with Crippen molar-refractivity contribution in [3.8, 4) is 0 Å². The van der Waals surface area contributed by atoms with Crippen LogP contribution in [0.15, 0.2) is 60.2 Å². The van der Waals surface area contributed by atoms with Crippen molar-refractivity contribution >= 4 is 27.7 Å². The summed E-state index contributed by atoms with van der Waals surface area (Å²) in [6.07, 6.45) is 4.67. The van der Waals surface area contributed by atoms with Crippen molar-refractivity contribution < 1.29 is 9.63 Å². The van der Waals surface area contributed by atoms with Crippen LogP contribution < -0.4 is 5.17 Å². The second kappa shape index (κ2) is 7.08. The van der Waals surface area contributed by atoms with Crippen LogP contribution in [-0.2, 0) is 9.63 Å². The van der Waals surface area contributed by atoms with E-state index < -0.39 is 0 Å². The molecule has 0 saturated carbocycles. The van der Waals surface area contributed by atoms with Crippen LogP contribution in [0, 0.1) is 5.92 Å². The highest BCUT2D eigenvalue weighted by molar-refractivity contribution is 6.09. The molecule has 3 aliphatic heterocycles. The maximum Gasteiger partial charge on any atom is 0.264 e. The predicted molar refractivity (Wildman–Crippen MR) is 112 cm³/mol. The van der Waals surface area contributed by atoms with Crippen molar-refractivity contribution in [2.75, 3.05) is 31.4 Å². The van der Waals surface area contributed by atoms with Crippen molar-refractivity contribution in [3.05, 3.63) is 60.2 Å². The van der Waals surface area contributed by atoms with Gasteiger partial charge in [-0.05, 0) is 44.0 Å². The number of hydroxylamine groups is 1. The van der Waals surface area contributed by atoms with Gasteiger partial charge in [0.05, 0.1) is 17.6 Å². The topological polar surface area (TPSA) is 37.7 Å². The van der Waals surface area contributed by atoms with E-state index in [4.69, 9.17) is 4.84 Å². The molecule has 0 N–H and O–H groups in total. The van der Waals surface area contributed by atoms with Gasteiger partial charge in [0.25, 0.3) is 5.91 Å². The van der Waals surface area contributed by atoms with Crippen molar-refractivity contribution in [1.82, 2.24) is 9.58 Å². The van der Waals surface area contributed by atoms with Crippen molar-refractivity contribution in [1.29, 1.82) is 0 Å². The highest BCUT2D eigenvalue weighted by Gasteiger charge is 2.29. The molecule has 3 fully saturated rings. The number of benzene rings is 2. The van der Waals surface area contributed by atoms with Gasteiger partial charge in [-0.15, -0.1) is 5.17 Å². The Morgan fingerprint density at radius 3 is 2.21 bits per heavy atom. The lowest BCUT2D eigenvalue weighted by molar-refractivity contribution is -0.127. The number of piperidine rings is 3. The molecule has 3 aliphatic rings. The fourth-order valence-corrected chi connectivity index (χ4v) is 4.68. The summed E-state index contributed by atoms with van der Waals surface area (Å²) in [7, 11) is 0. The third-order valence-electron chi connectivity index (χ3n) is 6.07. The quantitative estimate of drug-likeness (QED) is 0.513. The van der Waals surface area contributed by atoms with Gasteiger partial charge in [0.15, 0.2) is 0 Å². The van der Waals surface area contributed by atoms with E-state index in [0.29, 0.717) is 12.5 Å². The first-order valence-corrected chi connectivity index (χ1v) is 10.1. The fourth-order valence-electron chi connectivity index (χ4n) is 4.68. The van der Waals surface area contributed by atoms with Crippen molar-refractivity contribution in [2.24, 2.45) is 5.92 Å². The Bertz CT molecular complexity index is 1010. The zero-order valence-electron chi connectivity index (χ0n) is 16.2. The Morgan fingerprint density at radius 2 is 1.68 bits per heavy atom. The Kier molecular flexibility index (Phi) is 4.41. The molecule has 144 valence electrons. The number of carbonyl (C=O) groups is 1. The second-order valence-corrected chi connectivity index (χ2v) is 7.76. The monoisotopic (exact) mass is 375 g/mol. The normalized spacial score (nSPS) is 23.0. The Hall–Kier alpha value is -2.63. The Labute approximate surface area is 164 Å². The van der Waals surface area contributed by atoms with E-state index in [-0.39, 0.29) is 5.91 Å². The van der Waals surface area contributed by atoms with Crippen LogP contribution in [0.2, 0.25) is 0 Å². The van der Waals surface area contributed by atoms with E-state index in [1.165, 1.54) is 36.7 Å². The first-order valence-electron chi connectivity index (χ1n) is 10.1. The number of para-hydroxylation sites is 2. The van der Waals surface area contributed by atoms with Crippen LogP contribution in [0.4, 0.5) is 0 Å². The molecule has 1 aromatic heterocycles. The van der Waals surface area contributed by atoms with E-state index >= 15 is 0 Å². The second-order valence-electron chi connectivity index (χ2n) is 7.76. The SMILES string of the molecule is CC(=O)N(OCC=C1CN2CCC1CC2)n1c2ccccc2c2ccccc21. The number of nitrogens with zero attached hydrogens (tertiary/aromatic N) is 3. The average Bonchev–Trinajstić information content (AvgIpc) is 3.06. The largest absolute Gasteiger partial charge is 0.299 e. The molecule has 28 heavy (non-hydrogen) atoms. The molecule has 0 spiro atoms. The van der Waals surface area contributed by atoms with E-state index in [9.17, 15) is 4.79 Å². The molecule has 3 saturated heterocycles. The van der Waals surface area contributed by atoms with Crippen molar-refractivity contribution in [2.45, 2.75) is 19.8 Å². The molecule has 0 atom stereocenters. The smallest absolute Gasteiger partial charge is 0.264 e. The van der Waals surface area contributed by atoms with Gasteiger partial charge < -0.3 is 0 Å². The molecule has 0 radical (unpaired) electrons. The summed E-state index contributed by atoms with van der Waals surface area (Å²) in [4.78, 5) is 21.0. The fraction of sp³-hybridized carbons (Fsp3) is 0.348. The molecule has 5 heteroatoms. The Balaban J connectivity index is 1.48. The molecule has 1 amide bonds. The summed E-state index contributed by atoms with van der Waals surface area (Å²) in [6, 6.07) is 16.3. The summed E-state index contributed by atoms with van der Waals surface area (Å²) < 4.78 is 1.89. The maximum absolute atomic E-state index is 12.5. The molecular formula is C23H25N3O2. The third-order valence-corrected chi connectivity index (χ3v) is 6.07. The molecular weight excluding hydrogens is 350 g/mol. The van der Waals surface area contributed by atoms with Crippen LogP contribution in [0.3, 0.4) is 0 Å². The van der Waals surface area contributed by atoms with Gasteiger partial charge in [0.1, 0.15) is 0 Å². The van der Waals surface area contributed by atoms with Crippen LogP contribution in [-0.4, -0.2) is 41.7 Å². The number of fused-ring (bicyclic) bond motifs is 6. The van der Waals surface area contributed by atoms with Crippen LogP contribution >= 0.6 is 0 Å². The lowest BCUT2D eigenvalue weighted by atomic mass is 9.84. The molecule has 5 nitrogen and oxygen atoms in total. The van der Waals surface area contributed by atoms with Gasteiger partial charge in [-0.2, -0.15) is 0 Å². The predicted octanol–water partition coefficient (Wildman–Crippen LogP) is 3.86. The minimum absolute atomic E-state index is 0.140. The molecule has 4 heterocycles. The van der Waals surface area contributed by atoms with Crippen LogP contribution in [0.25, 0.3) is 21.8 Å². The first kappa shape index (κ1) is 17.5. The molecule has 3 aromatic rings. The molecule has 2 bridgehead atoms. The Morgan fingerprint density at radius 1 is 1.07 bits per heavy atom. The van der Waals surface area contributed by atoms with Gasteiger partial charge in [-0.1, -0.05) is 48.0 Å². The van der Waals surface area contributed by atoms with Gasteiger partial charge in [0, 0.05) is 24.2 Å². The van der Waals surface area contributed by atoms with E-state index in [2.05, 4.69) is 23.1 Å². The number of hydrogen-bond acceptors (Lipinski definition) is 3. The minimum Gasteiger partial charge on any atom is -0.299 e. The number of aromatic nitrogens is 1. The van der Waals surface area contributed by atoms with Gasteiger partial charge >= 0.3 is 0 Å². The van der Waals surface area contributed by atoms with Gasteiger partial charge in [-0.3, -0.25) is 9.69 Å². The highest BCUT2D eigenvalue weighted by atomic mass is 16.7. The minimum atomic E-state index is -0.140. The van der Waals surface area contributed by atoms with Gasteiger partial charge in [-0.25, -0.2) is 9.51 Å². The van der Waals surface area contributed by atoms with Crippen LogP contribution in [0.1, 0.15) is 19.8 Å². The lowest BCUT2D eigenvalue weighted by Crippen LogP contribution is -2.43. The van der Waals surface area contributed by atoms with Gasteiger partial charge in [0.2, 0.25) is 0 Å². The third kappa shape index (κ3) is 2.91. The first-order chi connectivity index (χ1) is 13.7. The summed E-state index contributed by atoms with van der Waals surface area (Å²) in [5, 5.41) is 3.63. The number of rotatable bonds is 4.